The monoisotopic (exact) mass is 347 g/mol. The number of carbonyl (C=O) groups is 2. The third-order valence-corrected chi connectivity index (χ3v) is 3.93. The topological polar surface area (TPSA) is 87.9 Å². The fourth-order valence-electron chi connectivity index (χ4n) is 2.47. The number of ether oxygens (including phenoxy) is 3. The van der Waals surface area contributed by atoms with Crippen LogP contribution in [0.3, 0.4) is 0 Å². The van der Waals surface area contributed by atoms with E-state index in [1.165, 1.54) is 7.11 Å². The molecule has 24 heavy (non-hydrogen) atoms. The molecule has 0 unspecified atom stereocenters. The predicted octanol–water partition coefficient (Wildman–Crippen LogP) is 2.66. The third kappa shape index (κ3) is 2.88. The highest BCUT2D eigenvalue weighted by Gasteiger charge is 2.21. The molecule has 7 heteroatoms. The van der Waals surface area contributed by atoms with E-state index in [1.54, 1.807) is 30.3 Å². The highest BCUT2D eigenvalue weighted by molar-refractivity contribution is 6.33. The van der Waals surface area contributed by atoms with E-state index in [2.05, 4.69) is 4.74 Å². The Morgan fingerprint density at radius 3 is 2.50 bits per heavy atom. The van der Waals surface area contributed by atoms with Gasteiger partial charge in [-0.05, 0) is 35.4 Å². The first-order valence-electron chi connectivity index (χ1n) is 7.13. The summed E-state index contributed by atoms with van der Waals surface area (Å²) in [7, 11) is 1.28. The molecule has 0 fully saturated rings. The number of rotatable bonds is 3. The molecule has 6 nitrogen and oxygen atoms in total. The lowest BCUT2D eigenvalue weighted by Gasteiger charge is -2.21. The molecule has 0 saturated carbocycles. The smallest absolute Gasteiger partial charge is 0.339 e. The van der Waals surface area contributed by atoms with Gasteiger partial charge in [0.15, 0.2) is 11.5 Å². The van der Waals surface area contributed by atoms with Crippen LogP contribution in [-0.4, -0.2) is 32.2 Å². The fraction of sp³-hybridized carbons (Fsp3) is 0.176. The maximum Gasteiger partial charge on any atom is 0.339 e. The van der Waals surface area contributed by atoms with Gasteiger partial charge in [0.05, 0.1) is 23.3 Å². The zero-order chi connectivity index (χ0) is 17.3. The van der Waals surface area contributed by atoms with Crippen LogP contribution in [0.2, 0.25) is 5.02 Å². The molecule has 3 rings (SSSR count). The van der Waals surface area contributed by atoms with E-state index in [4.69, 9.17) is 26.8 Å². The summed E-state index contributed by atoms with van der Waals surface area (Å²) in [4.78, 5) is 23.3. The van der Waals surface area contributed by atoms with Crippen molar-refractivity contribution < 1.29 is 23.8 Å². The van der Waals surface area contributed by atoms with E-state index >= 15 is 0 Å². The first-order chi connectivity index (χ1) is 11.5. The van der Waals surface area contributed by atoms with Gasteiger partial charge in [-0.1, -0.05) is 17.7 Å². The minimum Gasteiger partial charge on any atom is -0.486 e. The number of amides is 1. The molecule has 0 aliphatic carbocycles. The molecule has 124 valence electrons. The predicted molar refractivity (Wildman–Crippen MR) is 87.7 cm³/mol. The van der Waals surface area contributed by atoms with Crippen molar-refractivity contribution in [3.63, 3.8) is 0 Å². The number of hydrogen-bond donors (Lipinski definition) is 1. The van der Waals surface area contributed by atoms with E-state index in [0.29, 0.717) is 35.8 Å². The average molecular weight is 348 g/mol. The summed E-state index contributed by atoms with van der Waals surface area (Å²) in [5, 5.41) is 0.245. The number of benzene rings is 2. The van der Waals surface area contributed by atoms with Gasteiger partial charge in [-0.15, -0.1) is 0 Å². The van der Waals surface area contributed by atoms with Gasteiger partial charge in [0.2, 0.25) is 0 Å². The molecular formula is C17H14ClNO5. The van der Waals surface area contributed by atoms with Crippen molar-refractivity contribution >= 4 is 23.5 Å². The number of primary amides is 1. The number of esters is 1. The molecular weight excluding hydrogens is 334 g/mol. The summed E-state index contributed by atoms with van der Waals surface area (Å²) in [6.45, 7) is 0.739. The first-order valence-corrected chi connectivity index (χ1v) is 7.50. The van der Waals surface area contributed by atoms with E-state index in [9.17, 15) is 9.59 Å². The Hall–Kier alpha value is -2.73. The molecule has 0 aromatic heterocycles. The number of hydrogen-bond acceptors (Lipinski definition) is 5. The molecule has 2 aromatic carbocycles. The minimum atomic E-state index is -0.615. The van der Waals surface area contributed by atoms with Gasteiger partial charge in [0, 0.05) is 0 Å². The molecule has 1 heterocycles. The minimum absolute atomic E-state index is 0.232. The van der Waals surface area contributed by atoms with Gasteiger partial charge < -0.3 is 19.9 Å². The lowest BCUT2D eigenvalue weighted by molar-refractivity contribution is 0.0601. The average Bonchev–Trinajstić information content (AvgIpc) is 2.59. The van der Waals surface area contributed by atoms with Crippen molar-refractivity contribution in [3.05, 3.63) is 46.5 Å². The summed E-state index contributed by atoms with van der Waals surface area (Å²) < 4.78 is 15.7. The lowest BCUT2D eigenvalue weighted by Crippen LogP contribution is -2.20. The van der Waals surface area contributed by atoms with E-state index in [-0.39, 0.29) is 16.1 Å². The van der Waals surface area contributed by atoms with E-state index in [1.807, 2.05) is 0 Å². The molecule has 0 spiro atoms. The number of fused-ring (bicyclic) bond motifs is 1. The van der Waals surface area contributed by atoms with Gasteiger partial charge in [-0.2, -0.15) is 0 Å². The Kier molecular flexibility index (Phi) is 4.31. The number of methoxy groups -OCH3 is 1. The molecule has 1 amide bonds. The van der Waals surface area contributed by atoms with E-state index in [0.717, 1.165) is 0 Å². The second-order valence-electron chi connectivity index (χ2n) is 5.10. The van der Waals surface area contributed by atoms with Crippen LogP contribution < -0.4 is 15.2 Å². The van der Waals surface area contributed by atoms with Gasteiger partial charge in [0.25, 0.3) is 5.91 Å². The maximum atomic E-state index is 11.7. The summed E-state index contributed by atoms with van der Waals surface area (Å²) >= 11 is 6.15. The second-order valence-corrected chi connectivity index (χ2v) is 5.51. The summed E-state index contributed by atoms with van der Waals surface area (Å²) in [6, 6.07) is 8.23. The largest absolute Gasteiger partial charge is 0.486 e. The molecule has 2 aromatic rings. The van der Waals surface area contributed by atoms with Crippen LogP contribution in [0, 0.1) is 0 Å². The van der Waals surface area contributed by atoms with Crippen molar-refractivity contribution in [2.45, 2.75) is 0 Å². The Balaban J connectivity index is 2.09. The SMILES string of the molecule is COC(=O)c1ccc(-c2cc3c(c(C(N)=O)c2)OCCO3)cc1Cl. The number of carbonyl (C=O) groups excluding carboxylic acids is 2. The summed E-state index contributed by atoms with van der Waals surface area (Å²) in [6.07, 6.45) is 0. The van der Waals surface area contributed by atoms with Crippen LogP contribution in [0.1, 0.15) is 20.7 Å². The summed E-state index contributed by atoms with van der Waals surface area (Å²) in [5.41, 5.74) is 7.30. The zero-order valence-corrected chi connectivity index (χ0v) is 13.6. The normalized spacial score (nSPS) is 12.6. The van der Waals surface area contributed by atoms with Gasteiger partial charge >= 0.3 is 5.97 Å². The van der Waals surface area contributed by atoms with Crippen LogP contribution in [0.25, 0.3) is 11.1 Å². The van der Waals surface area contributed by atoms with Crippen molar-refractivity contribution in [2.75, 3.05) is 20.3 Å². The number of halogens is 1. The highest BCUT2D eigenvalue weighted by atomic mass is 35.5. The highest BCUT2D eigenvalue weighted by Crippen LogP contribution is 2.39. The van der Waals surface area contributed by atoms with Crippen molar-refractivity contribution in [3.8, 4) is 22.6 Å². The number of nitrogens with two attached hydrogens (primary N) is 1. The lowest BCUT2D eigenvalue weighted by atomic mass is 10.00. The standard InChI is InChI=1S/C17H14ClNO5/c1-22-17(21)11-3-2-9(7-13(11)18)10-6-12(16(19)20)15-14(8-10)23-4-5-24-15/h2-3,6-8H,4-5H2,1H3,(H2,19,20). The molecule has 1 aliphatic rings. The molecule has 1 aliphatic heterocycles. The van der Waals surface area contributed by atoms with Crippen molar-refractivity contribution in [1.29, 1.82) is 0 Å². The van der Waals surface area contributed by atoms with Crippen molar-refractivity contribution in [1.82, 2.24) is 0 Å². The van der Waals surface area contributed by atoms with Gasteiger partial charge in [-0.3, -0.25) is 4.79 Å². The Morgan fingerprint density at radius 2 is 1.83 bits per heavy atom. The molecule has 0 saturated heterocycles. The van der Waals surface area contributed by atoms with Crippen LogP contribution in [0.4, 0.5) is 0 Å². The quantitative estimate of drug-likeness (QED) is 0.862. The maximum absolute atomic E-state index is 11.7. The Labute approximate surface area is 143 Å². The van der Waals surface area contributed by atoms with Crippen molar-refractivity contribution in [2.24, 2.45) is 5.73 Å². The Morgan fingerprint density at radius 1 is 1.08 bits per heavy atom. The van der Waals surface area contributed by atoms with Crippen LogP contribution >= 0.6 is 11.6 Å². The van der Waals surface area contributed by atoms with Crippen LogP contribution in [0.5, 0.6) is 11.5 Å². The van der Waals surface area contributed by atoms with Gasteiger partial charge in [-0.25, -0.2) is 4.79 Å². The third-order valence-electron chi connectivity index (χ3n) is 3.62. The van der Waals surface area contributed by atoms with E-state index < -0.39 is 11.9 Å². The summed E-state index contributed by atoms with van der Waals surface area (Å²) in [5.74, 6) is -0.349. The fourth-order valence-corrected chi connectivity index (χ4v) is 2.73. The van der Waals surface area contributed by atoms with Crippen LogP contribution in [0.15, 0.2) is 30.3 Å². The zero-order valence-electron chi connectivity index (χ0n) is 12.8. The molecule has 2 N–H and O–H groups in total. The van der Waals surface area contributed by atoms with Gasteiger partial charge in [0.1, 0.15) is 13.2 Å². The Bertz CT molecular complexity index is 834. The molecule has 0 radical (unpaired) electrons. The molecule has 0 atom stereocenters. The van der Waals surface area contributed by atoms with Crippen LogP contribution in [-0.2, 0) is 4.74 Å². The first kappa shape index (κ1) is 16.1. The second kappa shape index (κ2) is 6.41. The molecule has 0 bridgehead atoms.